The van der Waals surface area contributed by atoms with Crippen LogP contribution < -0.4 is 5.73 Å². The van der Waals surface area contributed by atoms with Gasteiger partial charge in [0, 0.05) is 34.9 Å². The van der Waals surface area contributed by atoms with Crippen molar-refractivity contribution in [1.82, 2.24) is 4.90 Å². The SMILES string of the molecule is CN1CCc2c(Cl)cc(Cl)c3sc(CN)c(c23)C1. The van der Waals surface area contributed by atoms with Crippen LogP contribution in [-0.2, 0) is 19.5 Å². The normalized spacial score (nSPS) is 16.2. The van der Waals surface area contributed by atoms with E-state index in [-0.39, 0.29) is 0 Å². The molecule has 96 valence electrons. The highest BCUT2D eigenvalue weighted by Gasteiger charge is 2.22. The van der Waals surface area contributed by atoms with Crippen molar-refractivity contribution in [3.05, 3.63) is 32.1 Å². The molecule has 0 unspecified atom stereocenters. The minimum atomic E-state index is 0.565. The smallest absolute Gasteiger partial charge is 0.0599 e. The van der Waals surface area contributed by atoms with Crippen molar-refractivity contribution < 1.29 is 0 Å². The molecular formula is C13H14Cl2N2S. The molecule has 0 fully saturated rings. The molecule has 2 nitrogen and oxygen atoms in total. The number of rotatable bonds is 1. The molecule has 1 aromatic carbocycles. The maximum atomic E-state index is 6.36. The van der Waals surface area contributed by atoms with Crippen molar-refractivity contribution in [3.8, 4) is 0 Å². The van der Waals surface area contributed by atoms with Gasteiger partial charge in [0.1, 0.15) is 0 Å². The van der Waals surface area contributed by atoms with Gasteiger partial charge in [0.05, 0.1) is 9.72 Å². The zero-order chi connectivity index (χ0) is 12.9. The number of nitrogens with two attached hydrogens (primary N) is 1. The summed E-state index contributed by atoms with van der Waals surface area (Å²) in [6.07, 6.45) is 0.969. The van der Waals surface area contributed by atoms with Crippen molar-refractivity contribution in [2.45, 2.75) is 19.5 Å². The summed E-state index contributed by atoms with van der Waals surface area (Å²) in [5.74, 6) is 0. The Morgan fingerprint density at radius 1 is 1.33 bits per heavy atom. The summed E-state index contributed by atoms with van der Waals surface area (Å²) in [7, 11) is 2.13. The number of benzene rings is 1. The molecule has 2 N–H and O–H groups in total. The number of nitrogens with zero attached hydrogens (tertiary/aromatic N) is 1. The largest absolute Gasteiger partial charge is 0.326 e. The standard InChI is InChI=1S/C13H14Cl2N2S/c1-17-3-2-7-9(14)4-10(15)13-12(7)8(6-17)11(5-16)18-13/h4H,2-3,5-6,16H2,1H3. The number of hydrogen-bond acceptors (Lipinski definition) is 3. The van der Waals surface area contributed by atoms with Crippen LogP contribution in [0.5, 0.6) is 0 Å². The molecule has 1 aliphatic rings. The predicted octanol–water partition coefficient (Wildman–Crippen LogP) is 3.65. The van der Waals surface area contributed by atoms with Gasteiger partial charge >= 0.3 is 0 Å². The summed E-state index contributed by atoms with van der Waals surface area (Å²) in [4.78, 5) is 3.54. The molecule has 0 bridgehead atoms. The average Bonchev–Trinajstić information content (AvgIpc) is 2.59. The van der Waals surface area contributed by atoms with Gasteiger partial charge in [0.2, 0.25) is 0 Å². The van der Waals surface area contributed by atoms with Gasteiger partial charge < -0.3 is 10.6 Å². The lowest BCUT2D eigenvalue weighted by Crippen LogP contribution is -2.19. The van der Waals surface area contributed by atoms with E-state index in [1.807, 2.05) is 6.07 Å². The van der Waals surface area contributed by atoms with E-state index in [1.54, 1.807) is 11.3 Å². The molecule has 3 rings (SSSR count). The maximum absolute atomic E-state index is 6.36. The van der Waals surface area contributed by atoms with Crippen LogP contribution in [0.15, 0.2) is 6.07 Å². The van der Waals surface area contributed by atoms with Gasteiger partial charge in [0.25, 0.3) is 0 Å². The Bertz CT molecular complexity index is 621. The maximum Gasteiger partial charge on any atom is 0.0599 e. The summed E-state index contributed by atoms with van der Waals surface area (Å²) in [6, 6.07) is 1.87. The van der Waals surface area contributed by atoms with Crippen LogP contribution in [0.1, 0.15) is 16.0 Å². The second kappa shape index (κ2) is 4.66. The topological polar surface area (TPSA) is 29.3 Å². The van der Waals surface area contributed by atoms with E-state index >= 15 is 0 Å². The summed E-state index contributed by atoms with van der Waals surface area (Å²) in [5, 5.41) is 2.78. The van der Waals surface area contributed by atoms with E-state index < -0.39 is 0 Å². The quantitative estimate of drug-likeness (QED) is 0.871. The van der Waals surface area contributed by atoms with Gasteiger partial charge in [-0.25, -0.2) is 0 Å². The van der Waals surface area contributed by atoms with Crippen LogP contribution in [0.4, 0.5) is 0 Å². The fraction of sp³-hybridized carbons (Fsp3) is 0.385. The first-order valence-electron chi connectivity index (χ1n) is 5.91. The molecule has 0 amide bonds. The van der Waals surface area contributed by atoms with Gasteiger partial charge in [-0.1, -0.05) is 23.2 Å². The number of thiophene rings is 1. The van der Waals surface area contributed by atoms with E-state index in [0.29, 0.717) is 6.54 Å². The Morgan fingerprint density at radius 2 is 2.11 bits per heavy atom. The number of likely N-dealkylation sites (N-methyl/N-ethyl adjacent to an activating group) is 1. The lowest BCUT2D eigenvalue weighted by molar-refractivity contribution is 0.336. The van der Waals surface area contributed by atoms with Gasteiger partial charge in [-0.05, 0) is 30.7 Å². The third-order valence-corrected chi connectivity index (χ3v) is 5.54. The molecule has 2 aromatic rings. The summed E-state index contributed by atoms with van der Waals surface area (Å²) in [5.41, 5.74) is 8.41. The summed E-state index contributed by atoms with van der Waals surface area (Å²) in [6.45, 7) is 2.51. The highest BCUT2D eigenvalue weighted by molar-refractivity contribution is 7.20. The fourth-order valence-corrected chi connectivity index (χ4v) is 4.41. The first-order valence-corrected chi connectivity index (χ1v) is 7.48. The molecule has 5 heteroatoms. The molecule has 0 spiro atoms. The molecule has 1 aromatic heterocycles. The Labute approximate surface area is 120 Å². The zero-order valence-corrected chi connectivity index (χ0v) is 12.4. The van der Waals surface area contributed by atoms with Crippen LogP contribution >= 0.6 is 34.5 Å². The van der Waals surface area contributed by atoms with Gasteiger partial charge in [-0.2, -0.15) is 0 Å². The third-order valence-electron chi connectivity index (χ3n) is 3.51. The highest BCUT2D eigenvalue weighted by Crippen LogP contribution is 2.43. The van der Waals surface area contributed by atoms with E-state index in [4.69, 9.17) is 28.9 Å². The van der Waals surface area contributed by atoms with Crippen LogP contribution in [0.3, 0.4) is 0 Å². The average molecular weight is 301 g/mol. The van der Waals surface area contributed by atoms with Crippen molar-refractivity contribution in [2.75, 3.05) is 13.6 Å². The fourth-order valence-electron chi connectivity index (χ4n) is 2.61. The Hall–Kier alpha value is -0.320. The van der Waals surface area contributed by atoms with Gasteiger partial charge in [0.15, 0.2) is 0 Å². The third kappa shape index (κ3) is 1.86. The van der Waals surface area contributed by atoms with E-state index in [9.17, 15) is 0 Å². The van der Waals surface area contributed by atoms with E-state index in [2.05, 4.69) is 11.9 Å². The first-order chi connectivity index (χ1) is 8.61. The van der Waals surface area contributed by atoms with Crippen molar-refractivity contribution in [1.29, 1.82) is 0 Å². The first kappa shape index (κ1) is 12.7. The minimum Gasteiger partial charge on any atom is -0.326 e. The van der Waals surface area contributed by atoms with Crippen LogP contribution in [0.2, 0.25) is 10.0 Å². The molecule has 18 heavy (non-hydrogen) atoms. The van der Waals surface area contributed by atoms with Crippen molar-refractivity contribution in [3.63, 3.8) is 0 Å². The van der Waals surface area contributed by atoms with Crippen molar-refractivity contribution >= 4 is 44.6 Å². The molecular weight excluding hydrogens is 287 g/mol. The Balaban J connectivity index is 2.40. The molecule has 0 saturated carbocycles. The van der Waals surface area contributed by atoms with E-state index in [1.165, 1.54) is 21.4 Å². The molecule has 2 heterocycles. The molecule has 1 aliphatic heterocycles. The zero-order valence-electron chi connectivity index (χ0n) is 10.1. The monoisotopic (exact) mass is 300 g/mol. The summed E-state index contributed by atoms with van der Waals surface area (Å²) < 4.78 is 1.14. The Kier molecular flexibility index (Phi) is 3.28. The van der Waals surface area contributed by atoms with Gasteiger partial charge in [-0.15, -0.1) is 11.3 Å². The molecule has 0 saturated heterocycles. The van der Waals surface area contributed by atoms with Crippen LogP contribution in [0, 0.1) is 0 Å². The highest BCUT2D eigenvalue weighted by atomic mass is 35.5. The molecule has 0 radical (unpaired) electrons. The second-order valence-electron chi connectivity index (χ2n) is 4.72. The van der Waals surface area contributed by atoms with Crippen molar-refractivity contribution in [2.24, 2.45) is 5.73 Å². The molecule has 0 atom stereocenters. The lowest BCUT2D eigenvalue weighted by Gasteiger charge is -2.13. The molecule has 0 aliphatic carbocycles. The predicted molar refractivity (Wildman–Crippen MR) is 79.8 cm³/mol. The number of hydrogen-bond donors (Lipinski definition) is 1. The Morgan fingerprint density at radius 3 is 2.83 bits per heavy atom. The lowest BCUT2D eigenvalue weighted by atomic mass is 10.0. The second-order valence-corrected chi connectivity index (χ2v) is 6.64. The van der Waals surface area contributed by atoms with E-state index in [0.717, 1.165) is 34.3 Å². The minimum absolute atomic E-state index is 0.565. The van der Waals surface area contributed by atoms with Crippen LogP contribution in [0.25, 0.3) is 10.1 Å². The number of halogens is 2. The van der Waals surface area contributed by atoms with Crippen LogP contribution in [-0.4, -0.2) is 18.5 Å². The summed E-state index contributed by atoms with van der Waals surface area (Å²) >= 11 is 14.4. The van der Waals surface area contributed by atoms with Gasteiger partial charge in [-0.3, -0.25) is 0 Å².